The van der Waals surface area contributed by atoms with E-state index in [-0.39, 0.29) is 18.5 Å². The molecule has 152 valence electrons. The van der Waals surface area contributed by atoms with E-state index in [9.17, 15) is 4.39 Å². The zero-order valence-corrected chi connectivity index (χ0v) is 17.5. The molecule has 0 heterocycles. The summed E-state index contributed by atoms with van der Waals surface area (Å²) >= 11 is 6.17. The van der Waals surface area contributed by atoms with Gasteiger partial charge in [-0.2, -0.15) is 0 Å². The molecule has 0 bridgehead atoms. The van der Waals surface area contributed by atoms with E-state index in [4.69, 9.17) is 16.3 Å². The summed E-state index contributed by atoms with van der Waals surface area (Å²) in [7, 11) is 0. The maximum atomic E-state index is 14.2. The monoisotopic (exact) mass is 419 g/mol. The Kier molecular flexibility index (Phi) is 6.32. The van der Waals surface area contributed by atoms with E-state index in [0.29, 0.717) is 17.1 Å². The van der Waals surface area contributed by atoms with Gasteiger partial charge in [0.1, 0.15) is 18.2 Å². The molecule has 0 amide bonds. The summed E-state index contributed by atoms with van der Waals surface area (Å²) in [5.74, 6) is 0.362. The average Bonchev–Trinajstić information content (AvgIpc) is 2.78. The molecule has 0 aliphatic carbocycles. The first-order chi connectivity index (χ1) is 14.6. The molecule has 0 aromatic heterocycles. The fraction of sp³-hybridized carbons (Fsp3) is 0.154. The molecule has 0 saturated heterocycles. The fourth-order valence-electron chi connectivity index (χ4n) is 3.57. The molecule has 0 radical (unpaired) electrons. The number of hydrogen-bond donors (Lipinski definition) is 1. The Hall–Kier alpha value is -2.88. The lowest BCUT2D eigenvalue weighted by Crippen LogP contribution is -2.19. The van der Waals surface area contributed by atoms with Crippen molar-refractivity contribution in [2.24, 2.45) is 0 Å². The summed E-state index contributed by atoms with van der Waals surface area (Å²) in [5, 5.41) is 6.21. The van der Waals surface area contributed by atoms with Gasteiger partial charge in [-0.3, -0.25) is 0 Å². The lowest BCUT2D eigenvalue weighted by atomic mass is 10.0. The highest BCUT2D eigenvalue weighted by molar-refractivity contribution is 6.31. The zero-order chi connectivity index (χ0) is 20.9. The lowest BCUT2D eigenvalue weighted by molar-refractivity contribution is 0.296. The summed E-state index contributed by atoms with van der Waals surface area (Å²) in [4.78, 5) is 0. The van der Waals surface area contributed by atoms with Crippen molar-refractivity contribution < 1.29 is 9.13 Å². The van der Waals surface area contributed by atoms with Crippen LogP contribution < -0.4 is 10.1 Å². The predicted octanol–water partition coefficient (Wildman–Crippen LogP) is 7.06. The molecular weight excluding hydrogens is 397 g/mol. The summed E-state index contributed by atoms with van der Waals surface area (Å²) in [5.41, 5.74) is 2.63. The molecule has 4 heteroatoms. The Morgan fingerprint density at radius 2 is 1.63 bits per heavy atom. The molecule has 2 nitrogen and oxygen atoms in total. The molecule has 0 fully saturated rings. The molecule has 0 spiro atoms. The minimum absolute atomic E-state index is 0.0745. The normalized spacial score (nSPS) is 12.1. The average molecular weight is 420 g/mol. The first-order valence-corrected chi connectivity index (χ1v) is 10.4. The molecule has 4 aromatic rings. The van der Waals surface area contributed by atoms with Crippen LogP contribution in [0.4, 0.5) is 4.39 Å². The van der Waals surface area contributed by atoms with Crippen LogP contribution in [0.25, 0.3) is 10.8 Å². The van der Waals surface area contributed by atoms with Crippen molar-refractivity contribution in [2.75, 3.05) is 0 Å². The molecule has 0 aliphatic heterocycles. The van der Waals surface area contributed by atoms with Crippen molar-refractivity contribution in [3.8, 4) is 5.75 Å². The Labute approximate surface area is 181 Å². The highest BCUT2D eigenvalue weighted by Crippen LogP contribution is 2.30. The van der Waals surface area contributed by atoms with E-state index in [2.05, 4.69) is 36.5 Å². The first-order valence-electron chi connectivity index (χ1n) is 9.98. The SMILES string of the molecule is C[C@@H](NCc1c(OCc2c(F)cccc2Cl)ccc2ccccc12)c1ccccc1. The van der Waals surface area contributed by atoms with Gasteiger partial charge in [0.2, 0.25) is 0 Å². The van der Waals surface area contributed by atoms with Crippen LogP contribution >= 0.6 is 11.6 Å². The maximum absolute atomic E-state index is 14.2. The molecule has 1 N–H and O–H groups in total. The zero-order valence-electron chi connectivity index (χ0n) is 16.7. The number of halogens is 2. The Balaban J connectivity index is 1.61. The third-order valence-electron chi connectivity index (χ3n) is 5.32. The fourth-order valence-corrected chi connectivity index (χ4v) is 3.79. The number of hydrogen-bond acceptors (Lipinski definition) is 2. The van der Waals surface area contributed by atoms with Crippen LogP contribution in [0, 0.1) is 5.82 Å². The first kappa shape index (κ1) is 20.4. The quantitative estimate of drug-likeness (QED) is 0.346. The number of nitrogens with one attached hydrogen (secondary N) is 1. The number of ether oxygens (including phenoxy) is 1. The van der Waals surface area contributed by atoms with Crippen LogP contribution in [0.15, 0.2) is 84.9 Å². The van der Waals surface area contributed by atoms with Crippen LogP contribution in [0.2, 0.25) is 5.02 Å². The summed E-state index contributed by atoms with van der Waals surface area (Å²) < 4.78 is 20.2. The van der Waals surface area contributed by atoms with Crippen LogP contribution in [0.1, 0.15) is 29.7 Å². The van der Waals surface area contributed by atoms with Crippen LogP contribution in [-0.4, -0.2) is 0 Å². The van der Waals surface area contributed by atoms with Crippen molar-refractivity contribution in [3.05, 3.63) is 112 Å². The van der Waals surface area contributed by atoms with Gasteiger partial charge < -0.3 is 10.1 Å². The standard InChI is InChI=1S/C26H23ClFNO/c1-18(19-8-3-2-4-9-19)29-16-22-21-11-6-5-10-20(21)14-15-26(22)30-17-23-24(27)12-7-13-25(23)28/h2-15,18,29H,16-17H2,1H3/t18-/m1/s1. The van der Waals surface area contributed by atoms with Gasteiger partial charge in [-0.25, -0.2) is 4.39 Å². The minimum Gasteiger partial charge on any atom is -0.488 e. The molecule has 0 aliphatic rings. The molecule has 4 rings (SSSR count). The van der Waals surface area contributed by atoms with E-state index < -0.39 is 0 Å². The van der Waals surface area contributed by atoms with Crippen molar-refractivity contribution >= 4 is 22.4 Å². The largest absolute Gasteiger partial charge is 0.488 e. The molecule has 0 unspecified atom stereocenters. The number of benzene rings is 4. The van der Waals surface area contributed by atoms with E-state index in [1.807, 2.05) is 42.5 Å². The van der Waals surface area contributed by atoms with Crippen LogP contribution in [0.5, 0.6) is 5.75 Å². The van der Waals surface area contributed by atoms with Gasteiger partial charge in [-0.05, 0) is 41.5 Å². The van der Waals surface area contributed by atoms with Gasteiger partial charge in [0.15, 0.2) is 0 Å². The Morgan fingerprint density at radius 1 is 0.867 bits per heavy atom. The van der Waals surface area contributed by atoms with Gasteiger partial charge in [0, 0.05) is 23.7 Å². The third kappa shape index (κ3) is 4.48. The second-order valence-corrected chi connectivity index (χ2v) is 7.67. The summed E-state index contributed by atoms with van der Waals surface area (Å²) in [6, 6.07) is 27.3. The van der Waals surface area contributed by atoms with Crippen LogP contribution in [0.3, 0.4) is 0 Å². The van der Waals surface area contributed by atoms with Crippen molar-refractivity contribution in [2.45, 2.75) is 26.1 Å². The van der Waals surface area contributed by atoms with Crippen LogP contribution in [-0.2, 0) is 13.2 Å². The highest BCUT2D eigenvalue weighted by atomic mass is 35.5. The molecule has 0 saturated carbocycles. The second-order valence-electron chi connectivity index (χ2n) is 7.27. The van der Waals surface area contributed by atoms with Gasteiger partial charge in [-0.1, -0.05) is 78.3 Å². The van der Waals surface area contributed by atoms with E-state index in [1.165, 1.54) is 11.6 Å². The highest BCUT2D eigenvalue weighted by Gasteiger charge is 2.13. The number of fused-ring (bicyclic) bond motifs is 1. The predicted molar refractivity (Wildman–Crippen MR) is 121 cm³/mol. The Morgan fingerprint density at radius 3 is 2.43 bits per heavy atom. The number of rotatable bonds is 7. The second kappa shape index (κ2) is 9.29. The molecule has 30 heavy (non-hydrogen) atoms. The van der Waals surface area contributed by atoms with Crippen molar-refractivity contribution in [3.63, 3.8) is 0 Å². The lowest BCUT2D eigenvalue weighted by Gasteiger charge is -2.19. The van der Waals surface area contributed by atoms with Crippen molar-refractivity contribution in [1.29, 1.82) is 0 Å². The van der Waals surface area contributed by atoms with E-state index in [1.54, 1.807) is 12.1 Å². The molecular formula is C26H23ClFNO. The summed E-state index contributed by atoms with van der Waals surface area (Å²) in [6.07, 6.45) is 0. The Bertz CT molecular complexity index is 1130. The van der Waals surface area contributed by atoms with Crippen molar-refractivity contribution in [1.82, 2.24) is 5.32 Å². The molecule has 1 atom stereocenters. The topological polar surface area (TPSA) is 21.3 Å². The van der Waals surface area contributed by atoms with Gasteiger partial charge in [0.25, 0.3) is 0 Å². The maximum Gasteiger partial charge on any atom is 0.131 e. The smallest absolute Gasteiger partial charge is 0.131 e. The van der Waals surface area contributed by atoms with Gasteiger partial charge >= 0.3 is 0 Å². The van der Waals surface area contributed by atoms with Gasteiger partial charge in [-0.15, -0.1) is 0 Å². The third-order valence-corrected chi connectivity index (χ3v) is 5.67. The van der Waals surface area contributed by atoms with Gasteiger partial charge in [0.05, 0.1) is 5.02 Å². The molecule has 4 aromatic carbocycles. The minimum atomic E-state index is -0.360. The van der Waals surface area contributed by atoms with E-state index >= 15 is 0 Å². The summed E-state index contributed by atoms with van der Waals surface area (Å²) in [6.45, 7) is 2.84. The van der Waals surface area contributed by atoms with E-state index in [0.717, 1.165) is 22.1 Å².